The van der Waals surface area contributed by atoms with E-state index in [-0.39, 0.29) is 79.7 Å². The number of halogens is 2. The molecule has 0 unspecified atom stereocenters. The number of methoxy groups -OCH3 is 1. The third-order valence-corrected chi connectivity index (χ3v) is 17.7. The number of carbonyl (C=O) groups excluding carboxylic acids is 6. The van der Waals surface area contributed by atoms with Crippen molar-refractivity contribution >= 4 is 45.4 Å². The van der Waals surface area contributed by atoms with Crippen LogP contribution in [0.3, 0.4) is 0 Å². The number of phenolic OH excluding ortho intramolecular Hbond substituents is 2. The lowest BCUT2D eigenvalue weighted by Gasteiger charge is -2.45. The van der Waals surface area contributed by atoms with Crippen molar-refractivity contribution in [3.05, 3.63) is 165 Å². The van der Waals surface area contributed by atoms with Gasteiger partial charge in [0.2, 0.25) is 27.7 Å². The Morgan fingerprint density at radius 1 is 0.630 bits per heavy atom. The molecule has 0 bridgehead atoms. The van der Waals surface area contributed by atoms with Crippen LogP contribution in [0.25, 0.3) is 0 Å². The summed E-state index contributed by atoms with van der Waals surface area (Å²) in [7, 11) is -0.742. The Labute approximate surface area is 471 Å². The van der Waals surface area contributed by atoms with Crippen molar-refractivity contribution in [2.24, 2.45) is 23.7 Å². The number of rotatable bonds is 14. The first-order valence-corrected chi connectivity index (χ1v) is 29.0. The summed E-state index contributed by atoms with van der Waals surface area (Å²) in [6, 6.07) is 29.3. The second-order valence-electron chi connectivity index (χ2n) is 21.6. The zero-order valence-electron chi connectivity index (χ0n) is 46.2. The van der Waals surface area contributed by atoms with Crippen molar-refractivity contribution < 1.29 is 60.9 Å². The van der Waals surface area contributed by atoms with Crippen molar-refractivity contribution in [3.8, 4) is 11.5 Å². The third kappa shape index (κ3) is 13.8. The summed E-state index contributed by atoms with van der Waals surface area (Å²) < 4.78 is 59.7. The number of sulfonamides is 1. The highest BCUT2D eigenvalue weighted by Crippen LogP contribution is 2.45. The first kappa shape index (κ1) is 59.6. The standard InChI is InChI=1S/C32H36FN3O5S.C29H34FN3O6/c1-21-26(12-7-13-29(21)33)30-27(31(38)22-10-6-11-25(37)16-22)19-35(15-14-34(2)42(3,40)41)20-28(30)32(39)36-17-23-8-4-5-9-24(23)18-36;1-18-21(10-7-11-24(18)30)26-22(27(36)19-8-6-9-20(34)14-19)16-33(25(35)15-31-29(38)39-2)17-23(26)28(37)32-12-4-3-5-13-32/h4-13,16,27-28,30,37H,14-15,17-20H2,1-3H3;6-11,14,22-23,26,34H,3-5,12-13,15-17H2,1-2H3,(H,31,38)/t27-,28-,30-;22-,23-,26+/m00/s1. The van der Waals surface area contributed by atoms with Gasteiger partial charge in [0, 0.05) is 107 Å². The second-order valence-corrected chi connectivity index (χ2v) is 23.6. The van der Waals surface area contributed by atoms with Crippen molar-refractivity contribution in [1.82, 2.24) is 29.2 Å². The molecule has 4 aliphatic heterocycles. The van der Waals surface area contributed by atoms with Crippen molar-refractivity contribution in [3.63, 3.8) is 0 Å². The van der Waals surface area contributed by atoms with Gasteiger partial charge in [-0.3, -0.25) is 24.0 Å². The van der Waals surface area contributed by atoms with E-state index in [2.05, 4.69) is 10.1 Å². The minimum atomic E-state index is -3.42. The second kappa shape index (κ2) is 25.9. The van der Waals surface area contributed by atoms with Crippen LogP contribution in [0.2, 0.25) is 0 Å². The Morgan fingerprint density at radius 2 is 1.10 bits per heavy atom. The summed E-state index contributed by atoms with van der Waals surface area (Å²) in [4.78, 5) is 88.3. The lowest BCUT2D eigenvalue weighted by molar-refractivity contribution is -0.143. The van der Waals surface area contributed by atoms with Gasteiger partial charge in [-0.25, -0.2) is 26.3 Å². The largest absolute Gasteiger partial charge is 0.508 e. The molecule has 430 valence electrons. The number of fused-ring (bicyclic) bond motifs is 1. The number of hydrogen-bond acceptors (Lipinski definition) is 12. The summed E-state index contributed by atoms with van der Waals surface area (Å²) in [6.07, 6.45) is 3.10. The number of likely N-dealkylation sites (N-methyl/N-ethyl adjacent to an activating group) is 1. The fourth-order valence-electron chi connectivity index (χ4n) is 12.0. The van der Waals surface area contributed by atoms with Gasteiger partial charge in [0.1, 0.15) is 29.7 Å². The summed E-state index contributed by atoms with van der Waals surface area (Å²) in [5.74, 6) is -6.90. The van der Waals surface area contributed by atoms with Crippen LogP contribution < -0.4 is 5.32 Å². The number of ketones is 2. The van der Waals surface area contributed by atoms with Gasteiger partial charge < -0.3 is 39.9 Å². The molecular formula is C61H70F2N6O11S. The maximum Gasteiger partial charge on any atom is 0.407 e. The fraction of sp³-hybridized carbons (Fsp3) is 0.410. The first-order chi connectivity index (χ1) is 38.6. The van der Waals surface area contributed by atoms with E-state index in [1.54, 1.807) is 72.2 Å². The van der Waals surface area contributed by atoms with Crippen LogP contribution in [-0.2, 0) is 42.2 Å². The zero-order valence-corrected chi connectivity index (χ0v) is 47.0. The first-order valence-electron chi connectivity index (χ1n) is 27.2. The van der Waals surface area contributed by atoms with Gasteiger partial charge in [-0.05, 0) is 103 Å². The number of alkyl carbamates (subject to hydrolysis) is 1. The predicted octanol–water partition coefficient (Wildman–Crippen LogP) is 7.04. The molecule has 0 aliphatic carbocycles. The summed E-state index contributed by atoms with van der Waals surface area (Å²) in [6.45, 7) is 5.98. The monoisotopic (exact) mass is 1130 g/mol. The van der Waals surface area contributed by atoms with Crippen molar-refractivity contribution in [2.45, 2.75) is 58.0 Å². The Hall–Kier alpha value is -7.55. The molecule has 5 aromatic rings. The Kier molecular flexibility index (Phi) is 19.1. The van der Waals surface area contributed by atoms with Crippen LogP contribution >= 0.6 is 0 Å². The number of nitrogens with one attached hydrogen (secondary N) is 1. The molecule has 20 heteroatoms. The maximum absolute atomic E-state index is 15.0. The zero-order chi connectivity index (χ0) is 58.3. The molecule has 0 radical (unpaired) electrons. The van der Waals surface area contributed by atoms with Crippen molar-refractivity contribution in [1.29, 1.82) is 0 Å². The van der Waals surface area contributed by atoms with Crippen LogP contribution in [0, 0.1) is 49.2 Å². The van der Waals surface area contributed by atoms with E-state index >= 15 is 0 Å². The molecule has 6 atom stereocenters. The SMILES string of the molecule is COC(=O)NCC(=O)N1C[C@H](C(=O)c2cccc(O)c2)[C@@H](c2cccc(F)c2C)[C@@H](C(=O)N2CCCCC2)C1.Cc1c(F)cccc1[C@H]1[C@@H](C(=O)c2cccc(O)c2)CN(CCN(C)S(C)(=O)=O)C[C@@H]1C(=O)N1Cc2ccccc2C1. The minimum absolute atomic E-state index is 0.0153. The number of aromatic hydroxyl groups is 2. The smallest absolute Gasteiger partial charge is 0.407 e. The molecule has 0 aromatic heterocycles. The molecule has 4 amide bonds. The maximum atomic E-state index is 15.0. The Bertz CT molecular complexity index is 3260. The van der Waals surface area contributed by atoms with Crippen LogP contribution in [0.4, 0.5) is 13.6 Å². The van der Waals surface area contributed by atoms with Gasteiger partial charge in [-0.1, -0.05) is 72.8 Å². The minimum Gasteiger partial charge on any atom is -0.508 e. The van der Waals surface area contributed by atoms with E-state index in [1.807, 2.05) is 29.2 Å². The summed E-state index contributed by atoms with van der Waals surface area (Å²) >= 11 is 0. The van der Waals surface area contributed by atoms with Gasteiger partial charge in [-0.2, -0.15) is 0 Å². The van der Waals surface area contributed by atoms with Crippen LogP contribution in [0.15, 0.2) is 109 Å². The Morgan fingerprint density at radius 3 is 1.60 bits per heavy atom. The molecule has 4 aliphatic rings. The molecular weight excluding hydrogens is 1060 g/mol. The lowest BCUT2D eigenvalue weighted by atomic mass is 9.69. The number of hydrogen-bond donors (Lipinski definition) is 3. The molecule has 5 aromatic carbocycles. The van der Waals surface area contributed by atoms with Crippen molar-refractivity contribution in [2.75, 3.05) is 79.3 Å². The number of likely N-dealkylation sites (tertiary alicyclic amines) is 3. The number of piperidine rings is 3. The van der Waals surface area contributed by atoms with Gasteiger partial charge >= 0.3 is 6.09 Å². The van der Waals surface area contributed by atoms with Gasteiger partial charge in [0.15, 0.2) is 11.6 Å². The average Bonchev–Trinajstić information content (AvgIpc) is 3.81. The van der Waals surface area contributed by atoms with Crippen LogP contribution in [-0.4, -0.2) is 157 Å². The summed E-state index contributed by atoms with van der Waals surface area (Å²) in [5, 5.41) is 22.5. The molecule has 0 saturated carbocycles. The predicted molar refractivity (Wildman–Crippen MR) is 299 cm³/mol. The van der Waals surface area contributed by atoms with Crippen LogP contribution in [0.5, 0.6) is 11.5 Å². The van der Waals surface area contributed by atoms with E-state index in [9.17, 15) is 56.2 Å². The number of amides is 4. The number of carbonyl (C=O) groups is 6. The number of nitrogens with zero attached hydrogens (tertiary/aromatic N) is 5. The highest BCUT2D eigenvalue weighted by Gasteiger charge is 2.49. The molecule has 3 saturated heterocycles. The van der Waals surface area contributed by atoms with E-state index in [4.69, 9.17) is 0 Å². The lowest BCUT2D eigenvalue weighted by Crippen LogP contribution is -2.56. The van der Waals surface area contributed by atoms with Gasteiger partial charge in [0.25, 0.3) is 0 Å². The number of Topliss-reactive ketones (excluding diaryl/α,β-unsaturated/α-hetero) is 2. The highest BCUT2D eigenvalue weighted by molar-refractivity contribution is 7.88. The van der Waals surface area contributed by atoms with E-state index < -0.39 is 69.2 Å². The topological polar surface area (TPSA) is 214 Å². The molecule has 81 heavy (non-hydrogen) atoms. The molecule has 0 spiro atoms. The molecule has 3 N–H and O–H groups in total. The average molecular weight is 1130 g/mol. The number of benzene rings is 5. The molecule has 4 heterocycles. The van der Waals surface area contributed by atoms with Gasteiger partial charge in [0.05, 0.1) is 25.2 Å². The van der Waals surface area contributed by atoms with Gasteiger partial charge in [-0.15, -0.1) is 0 Å². The third-order valence-electron chi connectivity index (χ3n) is 16.4. The molecule has 9 rings (SSSR count). The van der Waals surface area contributed by atoms with E-state index in [1.165, 1.54) is 59.8 Å². The van der Waals surface area contributed by atoms with Crippen LogP contribution in [0.1, 0.15) is 85.2 Å². The fourth-order valence-corrected chi connectivity index (χ4v) is 12.4. The Balaban J connectivity index is 0.000000213. The normalized spacial score (nSPS) is 21.1. The summed E-state index contributed by atoms with van der Waals surface area (Å²) in [5.41, 5.74) is 4.56. The van der Waals surface area contributed by atoms with E-state index in [0.717, 1.165) is 36.6 Å². The molecule has 17 nitrogen and oxygen atoms in total. The van der Waals surface area contributed by atoms with E-state index in [0.29, 0.717) is 60.5 Å². The number of ether oxygens (including phenoxy) is 1. The quantitative estimate of drug-likeness (QED) is 0.0956. The highest BCUT2D eigenvalue weighted by atomic mass is 32.2. The number of phenols is 2. The molecule has 3 fully saturated rings.